The van der Waals surface area contributed by atoms with Crippen molar-refractivity contribution in [3.8, 4) is 34.0 Å². The quantitative estimate of drug-likeness (QED) is 0.182. The second-order valence-electron chi connectivity index (χ2n) is 15.2. The predicted molar refractivity (Wildman–Crippen MR) is 200 cm³/mol. The third-order valence-corrected chi connectivity index (χ3v) is 11.5. The number of rotatable bonds is 5. The number of ether oxygens (including phenoxy) is 3. The van der Waals surface area contributed by atoms with Crippen molar-refractivity contribution in [1.82, 2.24) is 24.5 Å². The van der Waals surface area contributed by atoms with Crippen molar-refractivity contribution in [3.63, 3.8) is 0 Å². The molecule has 0 radical (unpaired) electrons. The van der Waals surface area contributed by atoms with Gasteiger partial charge in [0.05, 0.1) is 23.8 Å². The lowest BCUT2D eigenvalue weighted by atomic mass is 9.80. The van der Waals surface area contributed by atoms with Gasteiger partial charge in [-0.3, -0.25) is 9.36 Å². The fraction of sp³-hybridized carbons (Fsp3) is 0.405. The van der Waals surface area contributed by atoms with Crippen molar-refractivity contribution < 1.29 is 19.0 Å². The molecular weight excluding hydrogens is 652 g/mol. The number of benzene rings is 3. The molecule has 10 heteroatoms. The Balaban J connectivity index is 0.872. The van der Waals surface area contributed by atoms with Gasteiger partial charge in [-0.15, -0.1) is 0 Å². The Morgan fingerprint density at radius 2 is 1.17 bits per heavy atom. The van der Waals surface area contributed by atoms with E-state index in [1.54, 1.807) is 0 Å². The Hall–Kier alpha value is -5.25. The summed E-state index contributed by atoms with van der Waals surface area (Å²) in [6.45, 7) is 11.6. The van der Waals surface area contributed by atoms with Gasteiger partial charge in [0.1, 0.15) is 29.3 Å². The van der Waals surface area contributed by atoms with Gasteiger partial charge in [-0.2, -0.15) is 10.2 Å². The maximum absolute atomic E-state index is 13.5. The minimum atomic E-state index is -0.524. The van der Waals surface area contributed by atoms with Gasteiger partial charge in [0, 0.05) is 97.5 Å². The van der Waals surface area contributed by atoms with Gasteiger partial charge >= 0.3 is 6.09 Å². The average Bonchev–Trinajstić information content (AvgIpc) is 3.83. The normalized spacial score (nSPS) is 18.0. The number of carbonyl (C=O) groups excluding carboxylic acids is 1. The molecule has 0 atom stereocenters. The monoisotopic (exact) mass is 698 g/mol. The van der Waals surface area contributed by atoms with E-state index in [0.29, 0.717) is 25.9 Å². The highest BCUT2D eigenvalue weighted by atomic mass is 16.6. The van der Waals surface area contributed by atoms with Crippen molar-refractivity contribution in [2.24, 2.45) is 0 Å². The molecule has 0 bridgehead atoms. The molecule has 52 heavy (non-hydrogen) atoms. The molecule has 3 aromatic carbocycles. The summed E-state index contributed by atoms with van der Waals surface area (Å²) in [5.41, 5.74) is 7.91. The average molecular weight is 699 g/mol. The summed E-state index contributed by atoms with van der Waals surface area (Å²) in [6, 6.07) is 25.3. The largest absolute Gasteiger partial charge is 0.482 e. The molecule has 2 saturated heterocycles. The van der Waals surface area contributed by atoms with Crippen LogP contribution in [0.25, 0.3) is 22.5 Å². The summed E-state index contributed by atoms with van der Waals surface area (Å²) in [5, 5.41) is 9.60. The van der Waals surface area contributed by atoms with Gasteiger partial charge in [-0.25, -0.2) is 4.79 Å². The van der Waals surface area contributed by atoms with E-state index in [1.807, 2.05) is 47.6 Å². The lowest BCUT2D eigenvalue weighted by Crippen LogP contribution is -2.49. The van der Waals surface area contributed by atoms with Crippen LogP contribution in [0.5, 0.6) is 11.5 Å². The number of likely N-dealkylation sites (tertiary alicyclic amines) is 1. The van der Waals surface area contributed by atoms with Gasteiger partial charge in [0.15, 0.2) is 0 Å². The second-order valence-corrected chi connectivity index (χ2v) is 15.2. The van der Waals surface area contributed by atoms with Crippen LogP contribution < -0.4 is 14.4 Å². The summed E-state index contributed by atoms with van der Waals surface area (Å²) < 4.78 is 23.9. The number of amides is 1. The smallest absolute Gasteiger partial charge is 0.410 e. The van der Waals surface area contributed by atoms with Crippen molar-refractivity contribution in [3.05, 3.63) is 102 Å². The molecule has 4 aliphatic heterocycles. The zero-order valence-corrected chi connectivity index (χ0v) is 30.4. The third-order valence-electron chi connectivity index (χ3n) is 11.5. The number of hydrogen-bond donors (Lipinski definition) is 0. The van der Waals surface area contributed by atoms with Crippen molar-refractivity contribution >= 4 is 11.8 Å². The molecule has 9 rings (SSSR count). The number of nitrogens with zero attached hydrogens (tertiary/aromatic N) is 6. The summed E-state index contributed by atoms with van der Waals surface area (Å²) in [6.07, 6.45) is 6.69. The number of hydrogen-bond acceptors (Lipinski definition) is 7. The van der Waals surface area contributed by atoms with Gasteiger partial charge < -0.3 is 24.0 Å². The Kier molecular flexibility index (Phi) is 7.82. The van der Waals surface area contributed by atoms with E-state index in [9.17, 15) is 4.79 Å². The summed E-state index contributed by atoms with van der Waals surface area (Å²) >= 11 is 0. The highest BCUT2D eigenvalue weighted by Gasteiger charge is 2.48. The first-order valence-corrected chi connectivity index (χ1v) is 18.7. The molecule has 10 nitrogen and oxygen atoms in total. The van der Waals surface area contributed by atoms with E-state index < -0.39 is 11.2 Å². The summed E-state index contributed by atoms with van der Waals surface area (Å²) in [4.78, 5) is 17.8. The number of piperidine rings is 2. The number of para-hydroxylation sites is 3. The fourth-order valence-electron chi connectivity index (χ4n) is 8.82. The van der Waals surface area contributed by atoms with E-state index in [-0.39, 0.29) is 24.8 Å². The minimum Gasteiger partial charge on any atom is -0.482 e. The molecule has 2 fully saturated rings. The van der Waals surface area contributed by atoms with Crippen LogP contribution in [0.3, 0.4) is 0 Å². The lowest BCUT2D eigenvalue weighted by Gasteiger charge is -2.45. The maximum Gasteiger partial charge on any atom is 0.410 e. The molecule has 0 aliphatic carbocycles. The van der Waals surface area contributed by atoms with E-state index in [0.717, 1.165) is 71.1 Å². The standard InChI is InChI=1S/C42H46N6O4/c1-28(2)47-38-31-12-6-9-15-36(31)51-41(33(38)25-43-47)17-21-45(22-18-41)35-14-8-5-11-30(35)27-50-40(49)46-23-19-42(20-24-46)34-26-44-48(29(3)4)39(34)32-13-7-10-16-37(32)52-42/h5-16,25-26,28-29H,17-24,27H2,1-4H3. The first kappa shape index (κ1) is 32.6. The molecule has 1 amide bonds. The van der Waals surface area contributed by atoms with Gasteiger partial charge in [-0.1, -0.05) is 42.5 Å². The Morgan fingerprint density at radius 1 is 0.692 bits per heavy atom. The van der Waals surface area contributed by atoms with E-state index in [4.69, 9.17) is 24.4 Å². The van der Waals surface area contributed by atoms with Crippen LogP contribution >= 0.6 is 0 Å². The molecular formula is C42H46N6O4. The highest BCUT2D eigenvalue weighted by molar-refractivity contribution is 5.75. The van der Waals surface area contributed by atoms with Crippen LogP contribution in [-0.4, -0.2) is 56.7 Å². The minimum absolute atomic E-state index is 0.211. The van der Waals surface area contributed by atoms with Crippen LogP contribution in [0.4, 0.5) is 10.5 Å². The van der Waals surface area contributed by atoms with E-state index in [2.05, 4.69) is 84.4 Å². The van der Waals surface area contributed by atoms with Crippen LogP contribution in [-0.2, 0) is 22.5 Å². The van der Waals surface area contributed by atoms with Gasteiger partial charge in [-0.05, 0) is 58.0 Å². The lowest BCUT2D eigenvalue weighted by molar-refractivity contribution is -0.00661. The van der Waals surface area contributed by atoms with Crippen molar-refractivity contribution in [2.45, 2.75) is 83.3 Å². The van der Waals surface area contributed by atoms with Crippen LogP contribution in [0.2, 0.25) is 0 Å². The van der Waals surface area contributed by atoms with Gasteiger partial charge in [0.2, 0.25) is 0 Å². The number of carbonyl (C=O) groups is 1. The molecule has 0 unspecified atom stereocenters. The first-order chi connectivity index (χ1) is 25.3. The number of anilines is 1. The molecule has 0 N–H and O–H groups in total. The zero-order chi connectivity index (χ0) is 35.6. The van der Waals surface area contributed by atoms with Crippen LogP contribution in [0.15, 0.2) is 85.2 Å². The fourth-order valence-corrected chi connectivity index (χ4v) is 8.82. The van der Waals surface area contributed by atoms with E-state index in [1.165, 1.54) is 11.3 Å². The Labute approximate surface area is 304 Å². The summed E-state index contributed by atoms with van der Waals surface area (Å²) in [5.74, 6) is 1.80. The zero-order valence-electron chi connectivity index (χ0n) is 30.4. The molecule has 2 aromatic heterocycles. The third kappa shape index (κ3) is 5.17. The Bertz CT molecular complexity index is 2130. The molecule has 268 valence electrons. The SMILES string of the molecule is CC(C)n1ncc2c1-c1ccccc1OC21CCN(C(=O)OCc2ccccc2N2CCC3(CC2)Oc2ccccc2-c2c3cnn2C(C)C)CC1. The topological polar surface area (TPSA) is 86.9 Å². The molecule has 2 spiro atoms. The molecule has 5 aromatic rings. The number of fused-ring (bicyclic) bond motifs is 8. The molecule has 0 saturated carbocycles. The highest BCUT2D eigenvalue weighted by Crippen LogP contribution is 2.52. The number of aromatic nitrogens is 4. The molecule has 4 aliphatic rings. The predicted octanol–water partition coefficient (Wildman–Crippen LogP) is 8.48. The van der Waals surface area contributed by atoms with Crippen LogP contribution in [0.1, 0.15) is 82.2 Å². The molecule has 6 heterocycles. The van der Waals surface area contributed by atoms with Gasteiger partial charge in [0.25, 0.3) is 0 Å². The van der Waals surface area contributed by atoms with Crippen LogP contribution in [0, 0.1) is 0 Å². The van der Waals surface area contributed by atoms with E-state index >= 15 is 0 Å². The first-order valence-electron chi connectivity index (χ1n) is 18.7. The van der Waals surface area contributed by atoms with Crippen molar-refractivity contribution in [2.75, 3.05) is 31.1 Å². The maximum atomic E-state index is 13.5. The Morgan fingerprint density at radius 3 is 1.71 bits per heavy atom. The second kappa shape index (κ2) is 12.5. The van der Waals surface area contributed by atoms with Crippen molar-refractivity contribution in [1.29, 1.82) is 0 Å². The summed E-state index contributed by atoms with van der Waals surface area (Å²) in [7, 11) is 0.